The van der Waals surface area contributed by atoms with E-state index in [9.17, 15) is 4.79 Å². The van der Waals surface area contributed by atoms with E-state index in [2.05, 4.69) is 10.5 Å². The minimum atomic E-state index is -0.137. The molecule has 7 nitrogen and oxygen atoms in total. The van der Waals surface area contributed by atoms with Gasteiger partial charge in [0.15, 0.2) is 17.3 Å². The van der Waals surface area contributed by atoms with Crippen LogP contribution in [0.3, 0.4) is 0 Å². The van der Waals surface area contributed by atoms with Crippen molar-refractivity contribution < 1.29 is 18.8 Å². The van der Waals surface area contributed by atoms with Crippen LogP contribution in [-0.4, -0.2) is 48.3 Å². The second-order valence-electron chi connectivity index (χ2n) is 5.70. The lowest BCUT2D eigenvalue weighted by Crippen LogP contribution is -2.43. The molecule has 0 radical (unpaired) electrons. The molecule has 1 atom stereocenters. The predicted octanol–water partition coefficient (Wildman–Crippen LogP) is 2.08. The standard InChI is InChI=1S/C17H21N3O4/c1-3-20(10-17(21)18-16-8-12(2)24-19-16)9-13-11-22-14-6-4-5-7-15(14)23-13/h4-8,13H,3,9-11H2,1-2H3,(H,18,19,21). The van der Waals surface area contributed by atoms with E-state index >= 15 is 0 Å². The number of benzene rings is 1. The van der Waals surface area contributed by atoms with Gasteiger partial charge in [-0.25, -0.2) is 0 Å². The van der Waals surface area contributed by atoms with Crippen LogP contribution in [0.25, 0.3) is 0 Å². The maximum atomic E-state index is 12.1. The third-order valence-electron chi connectivity index (χ3n) is 3.74. The van der Waals surface area contributed by atoms with Gasteiger partial charge in [0.1, 0.15) is 18.5 Å². The zero-order valence-electron chi connectivity index (χ0n) is 13.8. The number of rotatable bonds is 6. The zero-order chi connectivity index (χ0) is 16.9. The Balaban J connectivity index is 1.52. The summed E-state index contributed by atoms with van der Waals surface area (Å²) in [6.45, 7) is 5.84. The fourth-order valence-electron chi connectivity index (χ4n) is 2.56. The second-order valence-corrected chi connectivity index (χ2v) is 5.70. The minimum Gasteiger partial charge on any atom is -0.486 e. The van der Waals surface area contributed by atoms with Crippen LogP contribution in [-0.2, 0) is 4.79 Å². The summed E-state index contributed by atoms with van der Waals surface area (Å²) in [4.78, 5) is 14.1. The summed E-state index contributed by atoms with van der Waals surface area (Å²) in [6.07, 6.45) is -0.109. The van der Waals surface area contributed by atoms with Crippen molar-refractivity contribution in [3.8, 4) is 11.5 Å². The van der Waals surface area contributed by atoms with Crippen molar-refractivity contribution in [1.82, 2.24) is 10.1 Å². The first-order chi connectivity index (χ1) is 11.6. The lowest BCUT2D eigenvalue weighted by Gasteiger charge is -2.30. The number of hydrogen-bond donors (Lipinski definition) is 1. The summed E-state index contributed by atoms with van der Waals surface area (Å²) >= 11 is 0. The van der Waals surface area contributed by atoms with Crippen molar-refractivity contribution >= 4 is 11.7 Å². The van der Waals surface area contributed by atoms with E-state index in [-0.39, 0.29) is 18.6 Å². The first kappa shape index (κ1) is 16.3. The zero-order valence-corrected chi connectivity index (χ0v) is 13.8. The Bertz CT molecular complexity index is 701. The van der Waals surface area contributed by atoms with Crippen molar-refractivity contribution in [3.05, 3.63) is 36.1 Å². The molecule has 1 aliphatic rings. The fraction of sp³-hybridized carbons (Fsp3) is 0.412. The van der Waals surface area contributed by atoms with Gasteiger partial charge in [-0.05, 0) is 25.6 Å². The Labute approximate surface area is 140 Å². The lowest BCUT2D eigenvalue weighted by molar-refractivity contribution is -0.117. The first-order valence-corrected chi connectivity index (χ1v) is 7.98. The van der Waals surface area contributed by atoms with Crippen molar-refractivity contribution in [2.75, 3.05) is 31.6 Å². The molecule has 7 heteroatoms. The van der Waals surface area contributed by atoms with Crippen molar-refractivity contribution in [1.29, 1.82) is 0 Å². The van der Waals surface area contributed by atoms with E-state index in [0.717, 1.165) is 18.0 Å². The highest BCUT2D eigenvalue weighted by molar-refractivity contribution is 5.91. The molecule has 1 unspecified atom stereocenters. The molecule has 1 aliphatic heterocycles. The van der Waals surface area contributed by atoms with E-state index < -0.39 is 0 Å². The number of carbonyl (C=O) groups is 1. The topological polar surface area (TPSA) is 76.8 Å². The minimum absolute atomic E-state index is 0.109. The summed E-state index contributed by atoms with van der Waals surface area (Å²) in [5, 5.41) is 6.48. The van der Waals surface area contributed by atoms with E-state index in [4.69, 9.17) is 14.0 Å². The van der Waals surface area contributed by atoms with Crippen LogP contribution < -0.4 is 14.8 Å². The number of aromatic nitrogens is 1. The average molecular weight is 331 g/mol. The number of fused-ring (bicyclic) bond motifs is 1. The molecular formula is C17H21N3O4. The molecule has 1 aromatic carbocycles. The van der Waals surface area contributed by atoms with Gasteiger partial charge in [-0.1, -0.05) is 24.2 Å². The molecule has 0 bridgehead atoms. The van der Waals surface area contributed by atoms with Crippen LogP contribution >= 0.6 is 0 Å². The highest BCUT2D eigenvalue weighted by Gasteiger charge is 2.23. The largest absolute Gasteiger partial charge is 0.486 e. The molecule has 1 N–H and O–H groups in total. The van der Waals surface area contributed by atoms with Gasteiger partial charge >= 0.3 is 0 Å². The number of likely N-dealkylation sites (N-methyl/N-ethyl adjacent to an activating group) is 1. The molecule has 0 saturated heterocycles. The highest BCUT2D eigenvalue weighted by atomic mass is 16.6. The number of amides is 1. The number of carbonyl (C=O) groups excluding carboxylic acids is 1. The molecule has 1 amide bonds. The third kappa shape index (κ3) is 4.05. The van der Waals surface area contributed by atoms with Crippen LogP contribution in [0.4, 0.5) is 5.82 Å². The Morgan fingerprint density at radius 1 is 1.38 bits per heavy atom. The summed E-state index contributed by atoms with van der Waals surface area (Å²) in [5.74, 6) is 2.45. The van der Waals surface area contributed by atoms with Crippen molar-refractivity contribution in [2.45, 2.75) is 20.0 Å². The number of anilines is 1. The molecule has 0 spiro atoms. The van der Waals surface area contributed by atoms with Gasteiger partial charge in [0, 0.05) is 12.6 Å². The van der Waals surface area contributed by atoms with E-state index in [1.54, 1.807) is 13.0 Å². The fourth-order valence-corrected chi connectivity index (χ4v) is 2.56. The smallest absolute Gasteiger partial charge is 0.239 e. The summed E-state index contributed by atoms with van der Waals surface area (Å²) < 4.78 is 16.6. The number of nitrogens with zero attached hydrogens (tertiary/aromatic N) is 2. The van der Waals surface area contributed by atoms with Gasteiger partial charge < -0.3 is 19.3 Å². The number of hydrogen-bond acceptors (Lipinski definition) is 6. The van der Waals surface area contributed by atoms with Gasteiger partial charge in [0.25, 0.3) is 0 Å². The second kappa shape index (κ2) is 7.35. The predicted molar refractivity (Wildman–Crippen MR) is 88.3 cm³/mol. The number of ether oxygens (including phenoxy) is 2. The quantitative estimate of drug-likeness (QED) is 0.873. The van der Waals surface area contributed by atoms with Gasteiger partial charge in [-0.3, -0.25) is 9.69 Å². The van der Waals surface area contributed by atoms with Gasteiger partial charge in [-0.15, -0.1) is 0 Å². The Hall–Kier alpha value is -2.54. The molecule has 0 aliphatic carbocycles. The SMILES string of the molecule is CCN(CC(=O)Nc1cc(C)on1)CC1COc2ccccc2O1. The molecule has 128 valence electrons. The first-order valence-electron chi connectivity index (χ1n) is 7.98. The van der Waals surface area contributed by atoms with Gasteiger partial charge in [0.05, 0.1) is 6.54 Å². The Morgan fingerprint density at radius 3 is 2.88 bits per heavy atom. The van der Waals surface area contributed by atoms with Gasteiger partial charge in [-0.2, -0.15) is 0 Å². The average Bonchev–Trinajstić information content (AvgIpc) is 2.98. The molecule has 1 aromatic heterocycles. The van der Waals surface area contributed by atoms with Crippen LogP contribution in [0, 0.1) is 6.92 Å². The van der Waals surface area contributed by atoms with Crippen LogP contribution in [0.1, 0.15) is 12.7 Å². The maximum absolute atomic E-state index is 12.1. The van der Waals surface area contributed by atoms with Gasteiger partial charge in [0.2, 0.25) is 5.91 Å². The van der Waals surface area contributed by atoms with E-state index in [0.29, 0.717) is 24.7 Å². The van der Waals surface area contributed by atoms with Crippen LogP contribution in [0.15, 0.2) is 34.9 Å². The summed E-state index contributed by atoms with van der Waals surface area (Å²) in [6, 6.07) is 9.28. The summed E-state index contributed by atoms with van der Waals surface area (Å²) in [5.41, 5.74) is 0. The number of para-hydroxylation sites is 2. The number of nitrogens with one attached hydrogen (secondary N) is 1. The molecular weight excluding hydrogens is 310 g/mol. The Kier molecular flexibility index (Phi) is 5.00. The molecule has 24 heavy (non-hydrogen) atoms. The molecule has 0 saturated carbocycles. The van der Waals surface area contributed by atoms with Crippen LogP contribution in [0.2, 0.25) is 0 Å². The van der Waals surface area contributed by atoms with E-state index in [1.165, 1.54) is 0 Å². The number of aryl methyl sites for hydroxylation is 1. The highest BCUT2D eigenvalue weighted by Crippen LogP contribution is 2.30. The van der Waals surface area contributed by atoms with Crippen molar-refractivity contribution in [3.63, 3.8) is 0 Å². The molecule has 2 aromatic rings. The third-order valence-corrected chi connectivity index (χ3v) is 3.74. The maximum Gasteiger partial charge on any atom is 0.239 e. The van der Waals surface area contributed by atoms with Crippen molar-refractivity contribution in [2.24, 2.45) is 0 Å². The molecule has 3 rings (SSSR count). The lowest BCUT2D eigenvalue weighted by atomic mass is 10.2. The molecule has 2 heterocycles. The molecule has 0 fully saturated rings. The summed E-state index contributed by atoms with van der Waals surface area (Å²) in [7, 11) is 0. The van der Waals surface area contributed by atoms with E-state index in [1.807, 2.05) is 36.1 Å². The Morgan fingerprint density at radius 2 is 2.17 bits per heavy atom. The van der Waals surface area contributed by atoms with Crippen LogP contribution in [0.5, 0.6) is 11.5 Å². The monoisotopic (exact) mass is 331 g/mol. The normalized spacial score (nSPS) is 16.2.